The number of rotatable bonds is 2. The lowest BCUT2D eigenvalue weighted by Gasteiger charge is -2.23. The predicted molar refractivity (Wildman–Crippen MR) is 49.6 cm³/mol. The van der Waals surface area contributed by atoms with Crippen molar-refractivity contribution in [3.05, 3.63) is 29.8 Å². The molecule has 1 amide bonds. The van der Waals surface area contributed by atoms with Gasteiger partial charge in [0.25, 0.3) is 0 Å². The minimum atomic E-state index is -1.16. The summed E-state index contributed by atoms with van der Waals surface area (Å²) in [6.45, 7) is 4.14. The largest absolute Gasteiger partial charge is 0.530 e. The Morgan fingerprint density at radius 2 is 1.92 bits per heavy atom. The Kier molecular flexibility index (Phi) is 2.90. The van der Waals surface area contributed by atoms with Crippen molar-refractivity contribution < 1.29 is 9.90 Å². The van der Waals surface area contributed by atoms with E-state index in [4.69, 9.17) is 0 Å². The number of hydrogen-bond donors (Lipinski definition) is 0. The van der Waals surface area contributed by atoms with Crippen LogP contribution >= 0.6 is 0 Å². The van der Waals surface area contributed by atoms with Crippen LogP contribution in [0.15, 0.2) is 24.3 Å². The molecular formula is C10H12NO2-. The lowest BCUT2D eigenvalue weighted by Crippen LogP contribution is -2.41. The van der Waals surface area contributed by atoms with Crippen LogP contribution in [0.1, 0.15) is 12.5 Å². The molecule has 0 bridgehead atoms. The Morgan fingerprint density at radius 1 is 1.38 bits per heavy atom. The zero-order valence-electron chi connectivity index (χ0n) is 7.78. The molecular weight excluding hydrogens is 166 g/mol. The van der Waals surface area contributed by atoms with Crippen molar-refractivity contribution in [1.29, 1.82) is 0 Å². The second-order valence-electron chi connectivity index (χ2n) is 2.85. The zero-order valence-corrected chi connectivity index (χ0v) is 7.78. The van der Waals surface area contributed by atoms with Gasteiger partial charge >= 0.3 is 0 Å². The van der Waals surface area contributed by atoms with E-state index in [-0.39, 0.29) is 0 Å². The number of amides is 1. The van der Waals surface area contributed by atoms with Crippen LogP contribution in [0.25, 0.3) is 0 Å². The molecule has 0 aromatic heterocycles. The second-order valence-corrected chi connectivity index (χ2v) is 2.85. The Hall–Kier alpha value is -1.51. The van der Waals surface area contributed by atoms with Crippen LogP contribution in [0, 0.1) is 6.92 Å². The smallest absolute Gasteiger partial charge is 0.141 e. The summed E-state index contributed by atoms with van der Waals surface area (Å²) in [6, 6.07) is 7.30. The van der Waals surface area contributed by atoms with Gasteiger partial charge in [0, 0.05) is 12.2 Å². The predicted octanol–water partition coefficient (Wildman–Crippen LogP) is 1.16. The molecule has 0 aliphatic carbocycles. The molecule has 0 saturated heterocycles. The molecule has 1 rings (SSSR count). The first-order valence-electron chi connectivity index (χ1n) is 4.20. The molecule has 3 heteroatoms. The topological polar surface area (TPSA) is 43.4 Å². The van der Waals surface area contributed by atoms with Crippen LogP contribution in [-0.4, -0.2) is 12.6 Å². The summed E-state index contributed by atoms with van der Waals surface area (Å²) in [6.07, 6.45) is -1.16. The molecule has 0 saturated carbocycles. The second kappa shape index (κ2) is 3.94. The fourth-order valence-electron chi connectivity index (χ4n) is 1.14. The van der Waals surface area contributed by atoms with Crippen molar-refractivity contribution in [3.63, 3.8) is 0 Å². The highest BCUT2D eigenvalue weighted by Crippen LogP contribution is 2.13. The Bertz CT molecular complexity index is 292. The first-order valence-corrected chi connectivity index (χ1v) is 4.20. The van der Waals surface area contributed by atoms with Gasteiger partial charge in [-0.25, -0.2) is 0 Å². The van der Waals surface area contributed by atoms with Crippen LogP contribution in [0.5, 0.6) is 0 Å². The SMILES string of the molecule is CCN(C(=O)[O-])c1ccc(C)cc1. The van der Waals surface area contributed by atoms with Gasteiger partial charge in [-0.3, -0.25) is 0 Å². The minimum Gasteiger partial charge on any atom is -0.530 e. The summed E-state index contributed by atoms with van der Waals surface area (Å²) in [5.41, 5.74) is 1.77. The molecule has 0 aliphatic heterocycles. The van der Waals surface area contributed by atoms with Crippen LogP contribution < -0.4 is 10.0 Å². The van der Waals surface area contributed by atoms with Crippen molar-refractivity contribution >= 4 is 11.8 Å². The van der Waals surface area contributed by atoms with Crippen molar-refractivity contribution in [2.75, 3.05) is 11.4 Å². The van der Waals surface area contributed by atoms with Gasteiger partial charge in [-0.05, 0) is 26.0 Å². The molecule has 70 valence electrons. The molecule has 0 N–H and O–H groups in total. The molecule has 0 heterocycles. The maximum atomic E-state index is 10.6. The number of anilines is 1. The molecule has 0 radical (unpaired) electrons. The molecule has 0 aliphatic rings. The van der Waals surface area contributed by atoms with Gasteiger partial charge in [-0.2, -0.15) is 0 Å². The zero-order chi connectivity index (χ0) is 9.84. The van der Waals surface area contributed by atoms with Gasteiger partial charge in [0.2, 0.25) is 0 Å². The number of carbonyl (C=O) groups is 1. The summed E-state index contributed by atoms with van der Waals surface area (Å²) in [7, 11) is 0. The van der Waals surface area contributed by atoms with Gasteiger partial charge in [0.15, 0.2) is 0 Å². The molecule has 0 spiro atoms. The minimum absolute atomic E-state index is 0.408. The number of benzene rings is 1. The van der Waals surface area contributed by atoms with Crippen LogP contribution in [0.3, 0.4) is 0 Å². The van der Waals surface area contributed by atoms with Gasteiger partial charge < -0.3 is 14.8 Å². The summed E-state index contributed by atoms with van der Waals surface area (Å²) in [5, 5.41) is 10.6. The van der Waals surface area contributed by atoms with Gasteiger partial charge in [-0.1, -0.05) is 17.7 Å². The summed E-state index contributed by atoms with van der Waals surface area (Å²) < 4.78 is 0. The number of carbonyl (C=O) groups excluding carboxylic acids is 1. The van der Waals surface area contributed by atoms with Crippen LogP contribution in [0.2, 0.25) is 0 Å². The fourth-order valence-corrected chi connectivity index (χ4v) is 1.14. The molecule has 0 unspecified atom stereocenters. The fraction of sp³-hybridized carbons (Fsp3) is 0.300. The Balaban J connectivity index is 2.92. The quantitative estimate of drug-likeness (QED) is 0.682. The van der Waals surface area contributed by atoms with Crippen molar-refractivity contribution in [2.24, 2.45) is 0 Å². The van der Waals surface area contributed by atoms with E-state index in [1.807, 2.05) is 19.1 Å². The number of carboxylic acid groups (broad SMARTS) is 1. The molecule has 0 atom stereocenters. The average molecular weight is 178 g/mol. The summed E-state index contributed by atoms with van der Waals surface area (Å²) in [5.74, 6) is 0. The first-order chi connectivity index (χ1) is 6.15. The van der Waals surface area contributed by atoms with Crippen LogP contribution in [-0.2, 0) is 0 Å². The van der Waals surface area contributed by atoms with Gasteiger partial charge in [-0.15, -0.1) is 0 Å². The Morgan fingerprint density at radius 3 is 2.31 bits per heavy atom. The van der Waals surface area contributed by atoms with Crippen molar-refractivity contribution in [1.82, 2.24) is 0 Å². The van der Waals surface area contributed by atoms with E-state index >= 15 is 0 Å². The van der Waals surface area contributed by atoms with E-state index in [0.717, 1.165) is 5.56 Å². The van der Waals surface area contributed by atoms with Gasteiger partial charge in [0.1, 0.15) is 6.09 Å². The normalized spacial score (nSPS) is 9.69. The number of nitrogens with zero attached hydrogens (tertiary/aromatic N) is 1. The Labute approximate surface area is 77.6 Å². The van der Waals surface area contributed by atoms with Crippen LogP contribution in [0.4, 0.5) is 10.5 Å². The van der Waals surface area contributed by atoms with Crippen molar-refractivity contribution in [2.45, 2.75) is 13.8 Å². The first kappa shape index (κ1) is 9.58. The highest BCUT2D eigenvalue weighted by molar-refractivity contribution is 5.84. The van der Waals surface area contributed by atoms with E-state index in [9.17, 15) is 9.90 Å². The third-order valence-electron chi connectivity index (χ3n) is 1.88. The highest BCUT2D eigenvalue weighted by Gasteiger charge is 2.03. The third kappa shape index (κ3) is 2.21. The molecule has 13 heavy (non-hydrogen) atoms. The lowest BCUT2D eigenvalue weighted by atomic mass is 10.2. The average Bonchev–Trinajstić information content (AvgIpc) is 2.09. The summed E-state index contributed by atoms with van der Waals surface area (Å²) in [4.78, 5) is 11.8. The maximum absolute atomic E-state index is 10.6. The maximum Gasteiger partial charge on any atom is 0.141 e. The lowest BCUT2D eigenvalue weighted by molar-refractivity contribution is -0.246. The molecule has 1 aromatic carbocycles. The number of hydrogen-bond acceptors (Lipinski definition) is 2. The number of aryl methyl sites for hydroxylation is 1. The highest BCUT2D eigenvalue weighted by atomic mass is 16.4. The van der Waals surface area contributed by atoms with E-state index in [1.54, 1.807) is 19.1 Å². The monoisotopic (exact) mass is 178 g/mol. The van der Waals surface area contributed by atoms with E-state index < -0.39 is 6.09 Å². The van der Waals surface area contributed by atoms with Crippen molar-refractivity contribution in [3.8, 4) is 0 Å². The molecule has 1 aromatic rings. The van der Waals surface area contributed by atoms with E-state index in [1.165, 1.54) is 4.90 Å². The summed E-state index contributed by atoms with van der Waals surface area (Å²) >= 11 is 0. The van der Waals surface area contributed by atoms with E-state index in [2.05, 4.69) is 0 Å². The molecule has 3 nitrogen and oxygen atoms in total. The third-order valence-corrected chi connectivity index (χ3v) is 1.88. The van der Waals surface area contributed by atoms with E-state index in [0.29, 0.717) is 12.2 Å². The standard InChI is InChI=1S/C10H13NO2/c1-3-11(10(12)13)9-6-4-8(2)5-7-9/h4-7H,3H2,1-2H3,(H,12,13)/p-1. The molecule has 0 fully saturated rings. The van der Waals surface area contributed by atoms with Gasteiger partial charge in [0.05, 0.1) is 0 Å².